The van der Waals surface area contributed by atoms with Gasteiger partial charge in [0.25, 0.3) is 0 Å². The van der Waals surface area contributed by atoms with Crippen LogP contribution in [0, 0.1) is 5.92 Å². The minimum atomic E-state index is 0.0425. The molecule has 1 rings (SSSR count). The first-order chi connectivity index (χ1) is 6.27. The minimum Gasteiger partial charge on any atom is -0.381 e. The van der Waals surface area contributed by atoms with Crippen LogP contribution >= 0.6 is 0 Å². The molecular weight excluding hydrogens is 168 g/mol. The van der Waals surface area contributed by atoms with Crippen LogP contribution in [-0.4, -0.2) is 35.8 Å². The number of aliphatic hydroxyl groups is 2. The van der Waals surface area contributed by atoms with Gasteiger partial charge in [0, 0.05) is 12.1 Å². The van der Waals surface area contributed by atoms with Gasteiger partial charge in [-0.1, -0.05) is 6.92 Å². The van der Waals surface area contributed by atoms with Crippen LogP contribution in [-0.2, 0) is 0 Å². The van der Waals surface area contributed by atoms with Crippen LogP contribution in [0.15, 0.2) is 0 Å². The molecule has 0 heterocycles. The Morgan fingerprint density at radius 3 is 2.46 bits per heavy atom. The second-order valence-corrected chi connectivity index (χ2v) is 3.82. The Balaban J connectivity index is 2.33. The van der Waals surface area contributed by atoms with E-state index in [0.29, 0.717) is 18.0 Å². The van der Waals surface area contributed by atoms with Crippen LogP contribution in [0.2, 0.25) is 0 Å². The molecule has 1 aliphatic rings. The summed E-state index contributed by atoms with van der Waals surface area (Å²) in [5, 5.41) is 23.6. The molecule has 78 valence electrons. The number of hydrogen-bond donors (Lipinski definition) is 4. The third kappa shape index (κ3) is 3.23. The van der Waals surface area contributed by atoms with Gasteiger partial charge in [0.05, 0.1) is 13.5 Å². The second-order valence-electron chi connectivity index (χ2n) is 3.82. The van der Waals surface area contributed by atoms with E-state index >= 15 is 0 Å². The van der Waals surface area contributed by atoms with Crippen molar-refractivity contribution < 1.29 is 10.2 Å². The van der Waals surface area contributed by atoms with E-state index in [9.17, 15) is 0 Å². The van der Waals surface area contributed by atoms with Gasteiger partial charge in [-0.3, -0.25) is 10.6 Å². The zero-order valence-corrected chi connectivity index (χ0v) is 8.16. The molecule has 0 aliphatic heterocycles. The molecule has 4 nitrogen and oxygen atoms in total. The van der Waals surface area contributed by atoms with Crippen molar-refractivity contribution in [3.8, 4) is 0 Å². The Morgan fingerprint density at radius 2 is 1.85 bits per heavy atom. The summed E-state index contributed by atoms with van der Waals surface area (Å²) in [6.45, 7) is 2.29. The number of hydrogen-bond acceptors (Lipinski definition) is 4. The minimum absolute atomic E-state index is 0.0425. The molecule has 13 heavy (non-hydrogen) atoms. The highest BCUT2D eigenvalue weighted by Crippen LogP contribution is 2.23. The van der Waals surface area contributed by atoms with Gasteiger partial charge in [-0.05, 0) is 25.2 Å². The summed E-state index contributed by atoms with van der Waals surface area (Å²) in [5.74, 6) is 0.615. The molecule has 4 N–H and O–H groups in total. The second kappa shape index (κ2) is 5.54. The van der Waals surface area contributed by atoms with Crippen LogP contribution in [0.25, 0.3) is 0 Å². The quantitative estimate of drug-likeness (QED) is 0.454. The lowest BCUT2D eigenvalue weighted by Crippen LogP contribution is -2.46. The molecule has 3 unspecified atom stereocenters. The van der Waals surface area contributed by atoms with Crippen molar-refractivity contribution in [2.24, 2.45) is 5.92 Å². The van der Waals surface area contributed by atoms with E-state index in [4.69, 9.17) is 10.2 Å². The van der Waals surface area contributed by atoms with E-state index < -0.39 is 0 Å². The molecule has 0 aromatic heterocycles. The largest absolute Gasteiger partial charge is 0.381 e. The van der Waals surface area contributed by atoms with Crippen LogP contribution in [0.4, 0.5) is 0 Å². The van der Waals surface area contributed by atoms with Crippen LogP contribution in [0.5, 0.6) is 0 Å². The van der Waals surface area contributed by atoms with Crippen molar-refractivity contribution in [1.29, 1.82) is 0 Å². The van der Waals surface area contributed by atoms with Crippen LogP contribution in [0.1, 0.15) is 26.2 Å². The predicted molar refractivity (Wildman–Crippen MR) is 51.0 cm³/mol. The number of aliphatic hydroxyl groups excluding tert-OH is 2. The van der Waals surface area contributed by atoms with E-state index in [0.717, 1.165) is 19.3 Å². The van der Waals surface area contributed by atoms with Gasteiger partial charge in [-0.15, -0.1) is 0 Å². The van der Waals surface area contributed by atoms with Gasteiger partial charge in [-0.25, -0.2) is 0 Å². The first kappa shape index (κ1) is 10.9. The molecule has 1 fully saturated rings. The van der Waals surface area contributed by atoms with E-state index in [-0.39, 0.29) is 13.5 Å². The number of nitrogens with one attached hydrogen (secondary N) is 2. The Morgan fingerprint density at radius 1 is 1.15 bits per heavy atom. The maximum atomic E-state index is 8.77. The molecule has 0 amide bonds. The van der Waals surface area contributed by atoms with Gasteiger partial charge in [-0.2, -0.15) is 0 Å². The molecule has 0 aromatic carbocycles. The summed E-state index contributed by atoms with van der Waals surface area (Å²) in [4.78, 5) is 0. The molecule has 0 spiro atoms. The summed E-state index contributed by atoms with van der Waals surface area (Å²) in [7, 11) is 0. The lowest BCUT2D eigenvalue weighted by atomic mass is 9.83. The molecule has 3 atom stereocenters. The van der Waals surface area contributed by atoms with E-state index in [1.807, 2.05) is 0 Å². The maximum Gasteiger partial charge on any atom is 0.0933 e. The highest BCUT2D eigenvalue weighted by molar-refractivity contribution is 4.85. The third-order valence-electron chi connectivity index (χ3n) is 2.93. The highest BCUT2D eigenvalue weighted by Gasteiger charge is 2.26. The van der Waals surface area contributed by atoms with Crippen molar-refractivity contribution in [2.45, 2.75) is 38.3 Å². The van der Waals surface area contributed by atoms with Crippen molar-refractivity contribution in [2.75, 3.05) is 13.5 Å². The normalized spacial score (nSPS) is 34.8. The van der Waals surface area contributed by atoms with Gasteiger partial charge in [0.2, 0.25) is 0 Å². The molecule has 4 heteroatoms. The Labute approximate surface area is 79.3 Å². The van der Waals surface area contributed by atoms with Crippen LogP contribution < -0.4 is 10.6 Å². The summed E-state index contributed by atoms with van der Waals surface area (Å²) in [5.41, 5.74) is 0. The predicted octanol–water partition coefficient (Wildman–Crippen LogP) is -0.378. The average Bonchev–Trinajstić information content (AvgIpc) is 2.12. The molecular formula is C9H20N2O2. The first-order valence-electron chi connectivity index (χ1n) is 4.96. The summed E-state index contributed by atoms with van der Waals surface area (Å²) >= 11 is 0. The molecule has 0 saturated heterocycles. The summed E-state index contributed by atoms with van der Waals surface area (Å²) in [6, 6.07) is 0.771. The summed E-state index contributed by atoms with van der Waals surface area (Å²) < 4.78 is 0. The average molecular weight is 188 g/mol. The van der Waals surface area contributed by atoms with Gasteiger partial charge in [0.15, 0.2) is 0 Å². The lowest BCUT2D eigenvalue weighted by molar-refractivity contribution is 0.156. The number of rotatable bonds is 4. The van der Waals surface area contributed by atoms with Gasteiger partial charge < -0.3 is 10.2 Å². The topological polar surface area (TPSA) is 64.5 Å². The zero-order chi connectivity index (χ0) is 9.68. The van der Waals surface area contributed by atoms with Crippen molar-refractivity contribution in [3.63, 3.8) is 0 Å². The molecule has 1 saturated carbocycles. The van der Waals surface area contributed by atoms with E-state index in [1.54, 1.807) is 0 Å². The molecule has 0 aromatic rings. The smallest absolute Gasteiger partial charge is 0.0933 e. The van der Waals surface area contributed by atoms with Crippen molar-refractivity contribution in [1.82, 2.24) is 10.6 Å². The third-order valence-corrected chi connectivity index (χ3v) is 2.93. The molecule has 0 bridgehead atoms. The highest BCUT2D eigenvalue weighted by atomic mass is 16.3. The SMILES string of the molecule is CC1CCC(NCO)CC1NCO. The lowest BCUT2D eigenvalue weighted by Gasteiger charge is -2.34. The van der Waals surface area contributed by atoms with Gasteiger partial charge in [0.1, 0.15) is 0 Å². The standard InChI is InChI=1S/C9H20N2O2/c1-7-2-3-8(10-5-12)4-9(7)11-6-13/h7-13H,2-6H2,1H3. The first-order valence-corrected chi connectivity index (χ1v) is 4.96. The Kier molecular flexibility index (Phi) is 4.66. The van der Waals surface area contributed by atoms with Gasteiger partial charge >= 0.3 is 0 Å². The Bertz CT molecular complexity index is 144. The molecule has 0 radical (unpaired) electrons. The zero-order valence-electron chi connectivity index (χ0n) is 8.16. The van der Waals surface area contributed by atoms with E-state index in [2.05, 4.69) is 17.6 Å². The maximum absolute atomic E-state index is 8.77. The van der Waals surface area contributed by atoms with Crippen molar-refractivity contribution in [3.05, 3.63) is 0 Å². The molecule has 1 aliphatic carbocycles. The van der Waals surface area contributed by atoms with E-state index in [1.165, 1.54) is 0 Å². The fourth-order valence-electron chi connectivity index (χ4n) is 2.04. The fourth-order valence-corrected chi connectivity index (χ4v) is 2.04. The van der Waals surface area contributed by atoms with Crippen LogP contribution in [0.3, 0.4) is 0 Å². The summed E-state index contributed by atoms with van der Waals surface area (Å²) in [6.07, 6.45) is 3.25. The van der Waals surface area contributed by atoms with Crippen molar-refractivity contribution >= 4 is 0 Å². The fraction of sp³-hybridized carbons (Fsp3) is 1.00. The monoisotopic (exact) mass is 188 g/mol. The Hall–Kier alpha value is -0.160.